The fraction of sp³-hybridized carbons (Fsp3) is 0.462. The topological polar surface area (TPSA) is 37.3 Å². The third kappa shape index (κ3) is 2.90. The lowest BCUT2D eigenvalue weighted by atomic mass is 9.96. The van der Waals surface area contributed by atoms with Gasteiger partial charge in [-0.3, -0.25) is 4.79 Å². The zero-order valence-corrected chi connectivity index (χ0v) is 9.63. The Morgan fingerprint density at radius 1 is 1.13 bits per heavy atom. The second-order valence-electron chi connectivity index (χ2n) is 4.00. The molecule has 0 heterocycles. The highest BCUT2D eigenvalue weighted by molar-refractivity contribution is 5.97. The highest BCUT2D eigenvalue weighted by atomic mass is 16.3. The van der Waals surface area contributed by atoms with Crippen molar-refractivity contribution in [1.29, 1.82) is 0 Å². The Morgan fingerprint density at radius 3 is 2.33 bits per heavy atom. The molecule has 1 aromatic rings. The molecular weight excluding hydrogens is 188 g/mol. The van der Waals surface area contributed by atoms with E-state index in [4.69, 9.17) is 5.11 Å². The van der Waals surface area contributed by atoms with Crippen LogP contribution in [0.3, 0.4) is 0 Å². The first kappa shape index (κ1) is 11.9. The van der Waals surface area contributed by atoms with E-state index in [1.165, 1.54) is 5.56 Å². The zero-order valence-electron chi connectivity index (χ0n) is 9.63. The Kier molecular flexibility index (Phi) is 4.04. The molecule has 0 saturated heterocycles. The van der Waals surface area contributed by atoms with E-state index in [0.717, 1.165) is 16.7 Å². The van der Waals surface area contributed by atoms with Crippen LogP contribution in [0.4, 0.5) is 0 Å². The normalized spacial score (nSPS) is 10.4. The van der Waals surface area contributed by atoms with E-state index in [1.807, 2.05) is 32.9 Å². The van der Waals surface area contributed by atoms with Gasteiger partial charge in [-0.05, 0) is 49.9 Å². The maximum absolute atomic E-state index is 11.8. The summed E-state index contributed by atoms with van der Waals surface area (Å²) in [5.74, 6) is 0.129. The van der Waals surface area contributed by atoms with Crippen molar-refractivity contribution in [3.05, 3.63) is 34.4 Å². The van der Waals surface area contributed by atoms with Crippen molar-refractivity contribution in [1.82, 2.24) is 0 Å². The molecule has 0 atom stereocenters. The number of carbonyl (C=O) groups excluding carboxylic acids is 1. The molecule has 82 valence electrons. The molecule has 0 aliphatic carbocycles. The minimum atomic E-state index is 0.0790. The van der Waals surface area contributed by atoms with Gasteiger partial charge in [0.1, 0.15) is 0 Å². The first-order valence-corrected chi connectivity index (χ1v) is 5.28. The van der Waals surface area contributed by atoms with Crippen LogP contribution >= 0.6 is 0 Å². The predicted molar refractivity (Wildman–Crippen MR) is 61.3 cm³/mol. The van der Waals surface area contributed by atoms with Gasteiger partial charge in [-0.1, -0.05) is 6.07 Å². The molecule has 1 aromatic carbocycles. The number of hydrogen-bond acceptors (Lipinski definition) is 2. The van der Waals surface area contributed by atoms with Crippen molar-refractivity contribution < 1.29 is 9.90 Å². The number of hydrogen-bond donors (Lipinski definition) is 1. The summed E-state index contributed by atoms with van der Waals surface area (Å²) in [7, 11) is 0. The summed E-state index contributed by atoms with van der Waals surface area (Å²) in [5, 5.41) is 8.68. The van der Waals surface area contributed by atoms with E-state index in [0.29, 0.717) is 12.8 Å². The van der Waals surface area contributed by atoms with Crippen LogP contribution in [0, 0.1) is 20.8 Å². The van der Waals surface area contributed by atoms with Crippen molar-refractivity contribution in [3.63, 3.8) is 0 Å². The van der Waals surface area contributed by atoms with Crippen molar-refractivity contribution >= 4 is 5.78 Å². The fourth-order valence-corrected chi connectivity index (χ4v) is 1.64. The van der Waals surface area contributed by atoms with E-state index >= 15 is 0 Å². The van der Waals surface area contributed by atoms with Crippen LogP contribution < -0.4 is 0 Å². The summed E-state index contributed by atoms with van der Waals surface area (Å²) in [5.41, 5.74) is 4.19. The monoisotopic (exact) mass is 206 g/mol. The van der Waals surface area contributed by atoms with E-state index in [2.05, 4.69) is 0 Å². The summed E-state index contributed by atoms with van der Waals surface area (Å²) in [6, 6.07) is 3.99. The minimum absolute atomic E-state index is 0.0790. The van der Waals surface area contributed by atoms with Crippen molar-refractivity contribution in [2.24, 2.45) is 0 Å². The first-order valence-electron chi connectivity index (χ1n) is 5.28. The average molecular weight is 206 g/mol. The molecule has 0 amide bonds. The Labute approximate surface area is 90.9 Å². The lowest BCUT2D eigenvalue weighted by Gasteiger charge is -2.08. The lowest BCUT2D eigenvalue weighted by Crippen LogP contribution is -2.04. The second kappa shape index (κ2) is 5.08. The fourth-order valence-electron chi connectivity index (χ4n) is 1.64. The van der Waals surface area contributed by atoms with Gasteiger partial charge in [-0.15, -0.1) is 0 Å². The lowest BCUT2D eigenvalue weighted by molar-refractivity contribution is 0.0970. The van der Waals surface area contributed by atoms with Gasteiger partial charge in [0.25, 0.3) is 0 Å². The molecule has 0 aliphatic heterocycles. The van der Waals surface area contributed by atoms with Gasteiger partial charge in [-0.2, -0.15) is 0 Å². The molecular formula is C13H18O2. The number of carbonyl (C=O) groups is 1. The van der Waals surface area contributed by atoms with Crippen LogP contribution in [-0.2, 0) is 0 Å². The number of benzene rings is 1. The molecule has 0 radical (unpaired) electrons. The average Bonchev–Trinajstić information content (AvgIpc) is 2.20. The molecule has 0 aliphatic rings. The third-order valence-corrected chi connectivity index (χ3v) is 2.70. The molecule has 2 nitrogen and oxygen atoms in total. The van der Waals surface area contributed by atoms with Crippen LogP contribution in [0.2, 0.25) is 0 Å². The standard InChI is InChI=1S/C13H18O2/c1-9-7-11(3)12(8-10(9)2)13(15)5-4-6-14/h7-8,14H,4-6H2,1-3H3. The minimum Gasteiger partial charge on any atom is -0.396 e. The van der Waals surface area contributed by atoms with Gasteiger partial charge in [-0.25, -0.2) is 0 Å². The van der Waals surface area contributed by atoms with E-state index in [-0.39, 0.29) is 12.4 Å². The smallest absolute Gasteiger partial charge is 0.163 e. The zero-order chi connectivity index (χ0) is 11.4. The molecule has 0 bridgehead atoms. The molecule has 0 fully saturated rings. The third-order valence-electron chi connectivity index (χ3n) is 2.70. The Bertz CT molecular complexity index is 367. The molecule has 15 heavy (non-hydrogen) atoms. The van der Waals surface area contributed by atoms with Crippen molar-refractivity contribution in [2.45, 2.75) is 33.6 Å². The van der Waals surface area contributed by atoms with Crippen molar-refractivity contribution in [3.8, 4) is 0 Å². The Balaban J connectivity index is 2.94. The Morgan fingerprint density at radius 2 is 1.73 bits per heavy atom. The van der Waals surface area contributed by atoms with Gasteiger partial charge in [0.05, 0.1) is 0 Å². The molecule has 0 aromatic heterocycles. The molecule has 0 unspecified atom stereocenters. The summed E-state index contributed by atoms with van der Waals surface area (Å²) in [6.45, 7) is 6.09. The van der Waals surface area contributed by atoms with Gasteiger partial charge in [0.15, 0.2) is 5.78 Å². The van der Waals surface area contributed by atoms with E-state index in [1.54, 1.807) is 0 Å². The molecule has 1 rings (SSSR count). The van der Waals surface area contributed by atoms with Crippen LogP contribution in [0.15, 0.2) is 12.1 Å². The summed E-state index contributed by atoms with van der Waals surface area (Å²) < 4.78 is 0. The SMILES string of the molecule is Cc1cc(C)c(C(=O)CCCO)cc1C. The molecule has 2 heteroatoms. The molecule has 0 saturated carbocycles. The second-order valence-corrected chi connectivity index (χ2v) is 4.00. The largest absolute Gasteiger partial charge is 0.396 e. The van der Waals surface area contributed by atoms with E-state index in [9.17, 15) is 4.79 Å². The number of aliphatic hydroxyl groups excluding tert-OH is 1. The molecule has 1 N–H and O–H groups in total. The predicted octanol–water partition coefficient (Wildman–Crippen LogP) is 2.57. The number of aliphatic hydroxyl groups is 1. The first-order chi connectivity index (χ1) is 7.06. The highest BCUT2D eigenvalue weighted by Crippen LogP contribution is 2.17. The number of Topliss-reactive ketones (excluding diaryl/α,β-unsaturated/α-hetero) is 1. The quantitative estimate of drug-likeness (QED) is 0.769. The molecule has 0 spiro atoms. The maximum Gasteiger partial charge on any atom is 0.163 e. The highest BCUT2D eigenvalue weighted by Gasteiger charge is 2.09. The van der Waals surface area contributed by atoms with Crippen LogP contribution in [0.25, 0.3) is 0 Å². The maximum atomic E-state index is 11.8. The number of ketones is 1. The van der Waals surface area contributed by atoms with Gasteiger partial charge < -0.3 is 5.11 Å². The van der Waals surface area contributed by atoms with E-state index < -0.39 is 0 Å². The van der Waals surface area contributed by atoms with Crippen LogP contribution in [0.1, 0.15) is 39.9 Å². The van der Waals surface area contributed by atoms with Gasteiger partial charge in [0, 0.05) is 18.6 Å². The van der Waals surface area contributed by atoms with Gasteiger partial charge >= 0.3 is 0 Å². The van der Waals surface area contributed by atoms with Gasteiger partial charge in [0.2, 0.25) is 0 Å². The summed E-state index contributed by atoms with van der Waals surface area (Å²) in [6.07, 6.45) is 0.977. The van der Waals surface area contributed by atoms with Crippen LogP contribution in [0.5, 0.6) is 0 Å². The number of rotatable bonds is 4. The van der Waals surface area contributed by atoms with Crippen LogP contribution in [-0.4, -0.2) is 17.5 Å². The summed E-state index contributed by atoms with van der Waals surface area (Å²) >= 11 is 0. The number of aryl methyl sites for hydroxylation is 3. The Hall–Kier alpha value is -1.15. The van der Waals surface area contributed by atoms with Crippen molar-refractivity contribution in [2.75, 3.05) is 6.61 Å². The summed E-state index contributed by atoms with van der Waals surface area (Å²) in [4.78, 5) is 11.8.